The molecular weight excluding hydrogens is 316 g/mol. The number of rotatable bonds is 6. The molecule has 0 bridgehead atoms. The van der Waals surface area contributed by atoms with Crippen LogP contribution in [-0.2, 0) is 0 Å². The largest absolute Gasteiger partial charge is 0.496 e. The minimum atomic E-state index is -0.744. The third-order valence-electron chi connectivity index (χ3n) is 3.34. The predicted molar refractivity (Wildman–Crippen MR) is 85.7 cm³/mol. The van der Waals surface area contributed by atoms with Gasteiger partial charge in [-0.15, -0.1) is 0 Å². The van der Waals surface area contributed by atoms with Crippen LogP contribution in [0.5, 0.6) is 17.2 Å². The van der Waals surface area contributed by atoms with Gasteiger partial charge >= 0.3 is 11.4 Å². The van der Waals surface area contributed by atoms with Crippen molar-refractivity contribution in [2.45, 2.75) is 19.8 Å². The summed E-state index contributed by atoms with van der Waals surface area (Å²) >= 11 is 0. The average Bonchev–Trinajstić information content (AvgIpc) is 2.54. The molecule has 24 heavy (non-hydrogen) atoms. The SMILES string of the molecule is COc1ccc(Oc2c([N+](=O)[O-])c[c]cc2[N+](=O)[O-])cc1C(C)C. The lowest BCUT2D eigenvalue weighted by Gasteiger charge is -2.14. The van der Waals surface area contributed by atoms with Crippen molar-refractivity contribution in [2.75, 3.05) is 7.11 Å². The van der Waals surface area contributed by atoms with Gasteiger partial charge in [-0.25, -0.2) is 0 Å². The van der Waals surface area contributed by atoms with E-state index in [1.807, 2.05) is 13.8 Å². The predicted octanol–water partition coefficient (Wildman–Crippen LogP) is 4.23. The van der Waals surface area contributed by atoms with Gasteiger partial charge in [0.15, 0.2) is 0 Å². The van der Waals surface area contributed by atoms with Crippen molar-refractivity contribution >= 4 is 11.4 Å². The lowest BCUT2D eigenvalue weighted by molar-refractivity contribution is -0.395. The van der Waals surface area contributed by atoms with E-state index in [4.69, 9.17) is 9.47 Å². The standard InChI is InChI=1S/C16H15N2O6/c1-10(2)12-9-11(7-8-15(12)23-3)24-16-13(17(19)20)5-4-6-14(16)18(21)22/h5-10H,1-3H3. The van der Waals surface area contributed by atoms with Crippen LogP contribution in [-0.4, -0.2) is 17.0 Å². The van der Waals surface area contributed by atoms with Crippen LogP contribution in [0, 0.1) is 26.3 Å². The number of ether oxygens (including phenoxy) is 2. The van der Waals surface area contributed by atoms with E-state index in [0.29, 0.717) is 5.75 Å². The van der Waals surface area contributed by atoms with Crippen LogP contribution in [0.25, 0.3) is 0 Å². The van der Waals surface area contributed by atoms with E-state index in [-0.39, 0.29) is 11.7 Å². The maximum absolute atomic E-state index is 11.1. The van der Waals surface area contributed by atoms with Crippen molar-refractivity contribution in [3.8, 4) is 17.2 Å². The summed E-state index contributed by atoms with van der Waals surface area (Å²) in [5.74, 6) is 0.570. The van der Waals surface area contributed by atoms with Gasteiger partial charge in [0, 0.05) is 17.7 Å². The third kappa shape index (κ3) is 3.43. The monoisotopic (exact) mass is 331 g/mol. The van der Waals surface area contributed by atoms with Gasteiger partial charge in [-0.3, -0.25) is 20.2 Å². The minimum Gasteiger partial charge on any atom is -0.496 e. The van der Waals surface area contributed by atoms with Crippen molar-refractivity contribution < 1.29 is 19.3 Å². The van der Waals surface area contributed by atoms with E-state index < -0.39 is 27.0 Å². The van der Waals surface area contributed by atoms with Crippen molar-refractivity contribution in [2.24, 2.45) is 0 Å². The topological polar surface area (TPSA) is 105 Å². The van der Waals surface area contributed by atoms with E-state index in [9.17, 15) is 20.2 Å². The average molecular weight is 331 g/mol. The van der Waals surface area contributed by atoms with E-state index in [0.717, 1.165) is 17.7 Å². The smallest absolute Gasteiger partial charge is 0.319 e. The van der Waals surface area contributed by atoms with Crippen LogP contribution >= 0.6 is 0 Å². The van der Waals surface area contributed by atoms with Gasteiger partial charge in [-0.2, -0.15) is 0 Å². The first-order valence-corrected chi connectivity index (χ1v) is 7.03. The van der Waals surface area contributed by atoms with Crippen LogP contribution in [0.1, 0.15) is 25.3 Å². The van der Waals surface area contributed by atoms with Crippen LogP contribution < -0.4 is 9.47 Å². The number of methoxy groups -OCH3 is 1. The van der Waals surface area contributed by atoms with Crippen molar-refractivity contribution in [1.29, 1.82) is 0 Å². The molecular formula is C16H15N2O6. The number of hydrogen-bond donors (Lipinski definition) is 0. The zero-order chi connectivity index (χ0) is 17.9. The number of hydrogen-bond acceptors (Lipinski definition) is 6. The molecule has 0 fully saturated rings. The van der Waals surface area contributed by atoms with E-state index in [1.165, 1.54) is 13.2 Å². The molecule has 2 aromatic carbocycles. The maximum atomic E-state index is 11.1. The van der Waals surface area contributed by atoms with E-state index >= 15 is 0 Å². The first-order chi connectivity index (χ1) is 11.3. The molecule has 2 rings (SSSR count). The molecule has 0 heterocycles. The summed E-state index contributed by atoms with van der Waals surface area (Å²) in [6.07, 6.45) is 0. The zero-order valence-corrected chi connectivity index (χ0v) is 13.3. The normalized spacial score (nSPS) is 10.5. The molecule has 1 radical (unpaired) electrons. The molecule has 8 heteroatoms. The lowest BCUT2D eigenvalue weighted by Crippen LogP contribution is -2.00. The Balaban J connectivity index is 2.53. The highest BCUT2D eigenvalue weighted by atomic mass is 16.6. The summed E-state index contributed by atoms with van der Waals surface area (Å²) in [5, 5.41) is 22.3. The first-order valence-electron chi connectivity index (χ1n) is 7.03. The van der Waals surface area contributed by atoms with E-state index in [2.05, 4.69) is 6.07 Å². The Morgan fingerprint density at radius 3 is 2.12 bits per heavy atom. The second kappa shape index (κ2) is 6.95. The van der Waals surface area contributed by atoms with Crippen LogP contribution in [0.4, 0.5) is 11.4 Å². The molecule has 0 spiro atoms. The maximum Gasteiger partial charge on any atom is 0.319 e. The summed E-state index contributed by atoms with van der Waals surface area (Å²) in [5.41, 5.74) is -0.222. The van der Waals surface area contributed by atoms with E-state index in [1.54, 1.807) is 12.1 Å². The van der Waals surface area contributed by atoms with Gasteiger partial charge in [0.2, 0.25) is 0 Å². The molecule has 0 aromatic heterocycles. The lowest BCUT2D eigenvalue weighted by atomic mass is 10.0. The Hall–Kier alpha value is -3.16. The molecule has 0 unspecified atom stereocenters. The molecule has 0 N–H and O–H groups in total. The summed E-state index contributed by atoms with van der Waals surface area (Å²) in [7, 11) is 1.53. The number of nitrogens with zero attached hydrogens (tertiary/aromatic N) is 2. The van der Waals surface area contributed by atoms with Gasteiger partial charge < -0.3 is 9.47 Å². The van der Waals surface area contributed by atoms with Crippen molar-refractivity contribution in [3.05, 3.63) is 62.2 Å². The van der Waals surface area contributed by atoms with Gasteiger partial charge in [0.25, 0.3) is 5.75 Å². The second-order valence-electron chi connectivity index (χ2n) is 5.23. The van der Waals surface area contributed by atoms with Crippen LogP contribution in [0.15, 0.2) is 30.3 Å². The second-order valence-corrected chi connectivity index (χ2v) is 5.23. The van der Waals surface area contributed by atoms with Gasteiger partial charge in [0.05, 0.1) is 17.0 Å². The molecule has 0 aliphatic rings. The van der Waals surface area contributed by atoms with Gasteiger partial charge in [0.1, 0.15) is 11.5 Å². The van der Waals surface area contributed by atoms with Gasteiger partial charge in [-0.1, -0.05) is 13.8 Å². The number of nitro benzene ring substituents is 2. The molecule has 125 valence electrons. The fraction of sp³-hybridized carbons (Fsp3) is 0.250. The Kier molecular flexibility index (Phi) is 4.98. The minimum absolute atomic E-state index is 0.109. The molecule has 0 aliphatic heterocycles. The van der Waals surface area contributed by atoms with Crippen LogP contribution in [0.3, 0.4) is 0 Å². The molecule has 0 atom stereocenters. The Labute approximate surface area is 137 Å². The summed E-state index contributed by atoms with van der Waals surface area (Å²) < 4.78 is 10.8. The number of nitro groups is 2. The highest BCUT2D eigenvalue weighted by Gasteiger charge is 2.27. The highest BCUT2D eigenvalue weighted by Crippen LogP contribution is 2.40. The van der Waals surface area contributed by atoms with Crippen LogP contribution in [0.2, 0.25) is 0 Å². The first kappa shape index (κ1) is 17.2. The molecule has 8 nitrogen and oxygen atoms in total. The molecule has 0 aliphatic carbocycles. The highest BCUT2D eigenvalue weighted by molar-refractivity contribution is 5.61. The Bertz CT molecular complexity index is 756. The third-order valence-corrected chi connectivity index (χ3v) is 3.34. The molecule has 0 saturated heterocycles. The number of benzene rings is 2. The fourth-order valence-electron chi connectivity index (χ4n) is 2.18. The summed E-state index contributed by atoms with van der Waals surface area (Å²) in [4.78, 5) is 20.8. The molecule has 0 saturated carbocycles. The summed E-state index contributed by atoms with van der Waals surface area (Å²) in [6.45, 7) is 3.90. The van der Waals surface area contributed by atoms with Crippen molar-refractivity contribution in [3.63, 3.8) is 0 Å². The molecule has 2 aromatic rings. The fourth-order valence-corrected chi connectivity index (χ4v) is 2.18. The summed E-state index contributed by atoms with van der Waals surface area (Å²) in [6, 6.07) is 9.29. The zero-order valence-electron chi connectivity index (χ0n) is 13.3. The van der Waals surface area contributed by atoms with Crippen molar-refractivity contribution in [1.82, 2.24) is 0 Å². The quantitative estimate of drug-likeness (QED) is 0.579. The van der Waals surface area contributed by atoms with Gasteiger partial charge in [-0.05, 0) is 30.2 Å². The Morgan fingerprint density at radius 1 is 1.08 bits per heavy atom. The molecule has 0 amide bonds. The Morgan fingerprint density at radius 2 is 1.67 bits per heavy atom.